The Hall–Kier alpha value is -4.00. The quantitative estimate of drug-likeness (QED) is 0.484. The van der Waals surface area contributed by atoms with Crippen molar-refractivity contribution < 1.29 is 14.4 Å². The molecule has 0 radical (unpaired) electrons. The van der Waals surface area contributed by atoms with Gasteiger partial charge in [-0.3, -0.25) is 38.2 Å². The average molecular weight is 469 g/mol. The number of aromatic nitrogens is 5. The molecule has 3 aromatic heterocycles. The molecule has 0 unspecified atom stereocenters. The molecule has 0 atom stereocenters. The van der Waals surface area contributed by atoms with Crippen molar-refractivity contribution in [3.8, 4) is 0 Å². The summed E-state index contributed by atoms with van der Waals surface area (Å²) < 4.78 is 3.52. The van der Waals surface area contributed by atoms with Crippen LogP contribution in [0.4, 0.5) is 4.79 Å². The molecule has 0 aromatic carbocycles. The van der Waals surface area contributed by atoms with E-state index in [0.29, 0.717) is 5.56 Å². The van der Waals surface area contributed by atoms with Gasteiger partial charge in [0.25, 0.3) is 16.7 Å². The van der Waals surface area contributed by atoms with Crippen molar-refractivity contribution in [3.05, 3.63) is 62.2 Å². The molecule has 170 valence electrons. The van der Waals surface area contributed by atoms with E-state index in [1.165, 1.54) is 29.6 Å². The molecule has 33 heavy (non-hydrogen) atoms. The molecule has 1 aliphatic heterocycles. The first kappa shape index (κ1) is 22.2. The van der Waals surface area contributed by atoms with Crippen molar-refractivity contribution in [1.29, 1.82) is 0 Å². The van der Waals surface area contributed by atoms with Gasteiger partial charge in [-0.25, -0.2) is 9.78 Å². The highest BCUT2D eigenvalue weighted by atomic mass is 32.2. The number of amides is 3. The summed E-state index contributed by atoms with van der Waals surface area (Å²) in [7, 11) is 2.83. The molecule has 1 aliphatic rings. The first-order chi connectivity index (χ1) is 15.8. The zero-order valence-electron chi connectivity index (χ0n) is 17.7. The normalized spacial score (nSPS) is 15.1. The van der Waals surface area contributed by atoms with Crippen LogP contribution >= 0.6 is 11.8 Å². The molecule has 4 heterocycles. The van der Waals surface area contributed by atoms with Crippen LogP contribution in [-0.4, -0.2) is 58.7 Å². The average Bonchev–Trinajstić information content (AvgIpc) is 3.33. The van der Waals surface area contributed by atoms with Gasteiger partial charge in [-0.2, -0.15) is 0 Å². The second-order valence-electron chi connectivity index (χ2n) is 7.22. The van der Waals surface area contributed by atoms with Crippen LogP contribution in [0.1, 0.15) is 5.56 Å². The molecular formula is C20H19N7O5S. The molecule has 1 N–H and O–H groups in total. The maximum absolute atomic E-state index is 12.5. The van der Waals surface area contributed by atoms with Crippen molar-refractivity contribution >= 4 is 46.1 Å². The van der Waals surface area contributed by atoms with Gasteiger partial charge >= 0.3 is 5.69 Å². The number of rotatable bonds is 6. The van der Waals surface area contributed by atoms with Crippen LogP contribution in [0.25, 0.3) is 17.2 Å². The van der Waals surface area contributed by atoms with Crippen LogP contribution in [0.15, 0.2) is 45.3 Å². The minimum Gasteiger partial charge on any atom is -0.353 e. The summed E-state index contributed by atoms with van der Waals surface area (Å²) in [5.74, 6) is -0.879. The third-order valence-electron chi connectivity index (χ3n) is 5.04. The van der Waals surface area contributed by atoms with Crippen molar-refractivity contribution in [2.75, 3.05) is 13.1 Å². The third kappa shape index (κ3) is 4.22. The summed E-state index contributed by atoms with van der Waals surface area (Å²) in [6.45, 7) is -0.172. The van der Waals surface area contributed by atoms with Gasteiger partial charge in [-0.15, -0.1) is 0 Å². The van der Waals surface area contributed by atoms with Gasteiger partial charge < -0.3 is 9.88 Å². The van der Waals surface area contributed by atoms with E-state index in [9.17, 15) is 24.0 Å². The topological polar surface area (TPSA) is 141 Å². The Kier molecular flexibility index (Phi) is 5.96. The van der Waals surface area contributed by atoms with Crippen LogP contribution in [0.5, 0.6) is 0 Å². The lowest BCUT2D eigenvalue weighted by Crippen LogP contribution is -2.39. The molecular weight excluding hydrogens is 450 g/mol. The van der Waals surface area contributed by atoms with E-state index < -0.39 is 28.3 Å². The summed E-state index contributed by atoms with van der Waals surface area (Å²) in [5.41, 5.74) is -0.0727. The summed E-state index contributed by atoms with van der Waals surface area (Å²) in [4.78, 5) is 71.0. The predicted octanol–water partition coefficient (Wildman–Crippen LogP) is -0.319. The smallest absolute Gasteiger partial charge is 0.332 e. The Balaban J connectivity index is 1.39. The Bertz CT molecular complexity index is 1420. The number of thioether (sulfide) groups is 1. The third-order valence-corrected chi connectivity index (χ3v) is 5.95. The predicted molar refractivity (Wildman–Crippen MR) is 120 cm³/mol. The fraction of sp³-hybridized carbons (Fsp3) is 0.250. The van der Waals surface area contributed by atoms with Gasteiger partial charge in [0.15, 0.2) is 11.2 Å². The molecule has 0 bridgehead atoms. The number of hydrogen-bond donors (Lipinski definition) is 1. The molecule has 1 saturated heterocycles. The number of carbonyl (C=O) groups excluding carboxylic acids is 3. The van der Waals surface area contributed by atoms with Crippen molar-refractivity contribution in [2.45, 2.75) is 6.54 Å². The van der Waals surface area contributed by atoms with Gasteiger partial charge in [0.05, 0.1) is 11.2 Å². The van der Waals surface area contributed by atoms with Crippen molar-refractivity contribution in [3.63, 3.8) is 0 Å². The van der Waals surface area contributed by atoms with Crippen LogP contribution in [-0.2, 0) is 30.2 Å². The first-order valence-electron chi connectivity index (χ1n) is 9.81. The van der Waals surface area contributed by atoms with Crippen LogP contribution in [0.2, 0.25) is 0 Å². The standard InChI is InChI=1S/C20H19N7O5S/c1-24-16-15(18(30)25(2)19(24)31)26(11-23-16)10-14(28)22-6-7-27-17(29)13(33-20(27)32)8-12-4-3-5-21-9-12/h3-5,8-9,11H,6-7,10H2,1-2H3,(H,22,28). The zero-order chi connectivity index (χ0) is 23.7. The molecule has 13 heteroatoms. The summed E-state index contributed by atoms with van der Waals surface area (Å²) >= 11 is 0.827. The van der Waals surface area contributed by atoms with Gasteiger partial charge in [0, 0.05) is 39.6 Å². The van der Waals surface area contributed by atoms with E-state index >= 15 is 0 Å². The SMILES string of the molecule is Cn1c(=O)c2c(ncn2CC(=O)NCCN2C(=O)SC(=Cc3cccnc3)C2=O)n(C)c1=O. The van der Waals surface area contributed by atoms with Crippen LogP contribution in [0.3, 0.4) is 0 Å². The number of nitrogens with one attached hydrogen (secondary N) is 1. The minimum atomic E-state index is -0.559. The van der Waals surface area contributed by atoms with Gasteiger partial charge in [0.1, 0.15) is 6.54 Å². The fourth-order valence-corrected chi connectivity index (χ4v) is 4.21. The molecule has 3 aromatic rings. The molecule has 0 saturated carbocycles. The Morgan fingerprint density at radius 1 is 1.18 bits per heavy atom. The van der Waals surface area contributed by atoms with Gasteiger partial charge in [-0.05, 0) is 29.5 Å². The number of hydrogen-bond acceptors (Lipinski definition) is 8. The lowest BCUT2D eigenvalue weighted by atomic mass is 10.2. The number of aryl methyl sites for hydroxylation is 1. The Labute approximate surface area is 190 Å². The largest absolute Gasteiger partial charge is 0.353 e. The van der Waals surface area contributed by atoms with Gasteiger partial charge in [-0.1, -0.05) is 6.07 Å². The lowest BCUT2D eigenvalue weighted by molar-refractivity contribution is -0.124. The maximum Gasteiger partial charge on any atom is 0.332 e. The second kappa shape index (κ2) is 8.86. The highest BCUT2D eigenvalue weighted by Gasteiger charge is 2.34. The van der Waals surface area contributed by atoms with E-state index in [1.807, 2.05) is 0 Å². The molecule has 1 fully saturated rings. The Morgan fingerprint density at radius 2 is 1.97 bits per heavy atom. The van der Waals surface area contributed by atoms with E-state index in [1.54, 1.807) is 30.6 Å². The fourth-order valence-electron chi connectivity index (χ4n) is 3.34. The molecule has 4 rings (SSSR count). The van der Waals surface area contributed by atoms with Crippen molar-refractivity contribution in [1.82, 2.24) is 33.9 Å². The Morgan fingerprint density at radius 3 is 2.70 bits per heavy atom. The van der Waals surface area contributed by atoms with E-state index in [4.69, 9.17) is 0 Å². The number of imide groups is 1. The number of pyridine rings is 1. The highest BCUT2D eigenvalue weighted by Crippen LogP contribution is 2.31. The van der Waals surface area contributed by atoms with Crippen LogP contribution in [0, 0.1) is 0 Å². The van der Waals surface area contributed by atoms with E-state index in [2.05, 4.69) is 15.3 Å². The lowest BCUT2D eigenvalue weighted by Gasteiger charge is -2.13. The number of nitrogens with zero attached hydrogens (tertiary/aromatic N) is 6. The number of imidazole rings is 1. The monoisotopic (exact) mass is 469 g/mol. The van der Waals surface area contributed by atoms with E-state index in [-0.39, 0.29) is 35.7 Å². The number of fused-ring (bicyclic) bond motifs is 1. The number of carbonyl (C=O) groups is 3. The summed E-state index contributed by atoms with van der Waals surface area (Å²) in [6.07, 6.45) is 6.09. The molecule has 0 spiro atoms. The van der Waals surface area contributed by atoms with E-state index in [0.717, 1.165) is 21.2 Å². The minimum absolute atomic E-state index is 0.00172. The molecule has 12 nitrogen and oxygen atoms in total. The molecule has 0 aliphatic carbocycles. The van der Waals surface area contributed by atoms with Crippen molar-refractivity contribution in [2.24, 2.45) is 14.1 Å². The maximum atomic E-state index is 12.5. The van der Waals surface area contributed by atoms with Gasteiger partial charge in [0.2, 0.25) is 5.91 Å². The zero-order valence-corrected chi connectivity index (χ0v) is 18.5. The first-order valence-corrected chi connectivity index (χ1v) is 10.6. The summed E-state index contributed by atoms with van der Waals surface area (Å²) in [5, 5.41) is 2.21. The summed E-state index contributed by atoms with van der Waals surface area (Å²) in [6, 6.07) is 3.50. The van der Waals surface area contributed by atoms with Crippen LogP contribution < -0.4 is 16.6 Å². The second-order valence-corrected chi connectivity index (χ2v) is 8.21. The highest BCUT2D eigenvalue weighted by molar-refractivity contribution is 8.18. The molecule has 3 amide bonds.